The molecule has 1 aliphatic heterocycles. The summed E-state index contributed by atoms with van der Waals surface area (Å²) in [6, 6.07) is 0. The van der Waals surface area contributed by atoms with E-state index < -0.39 is 0 Å². The first kappa shape index (κ1) is 12.4. The Labute approximate surface area is 101 Å². The molecule has 0 spiro atoms. The summed E-state index contributed by atoms with van der Waals surface area (Å²) in [4.78, 5) is 24.2. The first-order valence-corrected chi connectivity index (χ1v) is 6.41. The standard InChI is InChI=1S/C12H20N2O3/c15-9-10-1-3-11(4-2-10)17-12(16)14-7-5-13-6-8-14/h9-11,13H,1-8H2. The molecule has 1 N–H and O–H groups in total. The Bertz CT molecular complexity index is 269. The van der Waals surface area contributed by atoms with Crippen molar-refractivity contribution in [2.45, 2.75) is 31.8 Å². The molecule has 2 aliphatic rings. The molecule has 1 heterocycles. The van der Waals surface area contributed by atoms with Gasteiger partial charge < -0.3 is 19.7 Å². The van der Waals surface area contributed by atoms with Crippen molar-refractivity contribution in [1.29, 1.82) is 0 Å². The number of ether oxygens (including phenoxy) is 1. The van der Waals surface area contributed by atoms with E-state index in [9.17, 15) is 9.59 Å². The summed E-state index contributed by atoms with van der Waals surface area (Å²) in [6.07, 6.45) is 4.18. The summed E-state index contributed by atoms with van der Waals surface area (Å²) >= 11 is 0. The molecule has 5 heteroatoms. The number of carbonyl (C=O) groups is 2. The first-order valence-electron chi connectivity index (χ1n) is 6.41. The average Bonchev–Trinajstić information content (AvgIpc) is 2.40. The molecule has 5 nitrogen and oxygen atoms in total. The van der Waals surface area contributed by atoms with Crippen LogP contribution in [0.2, 0.25) is 0 Å². The zero-order valence-corrected chi connectivity index (χ0v) is 10.1. The van der Waals surface area contributed by atoms with Crippen LogP contribution < -0.4 is 5.32 Å². The van der Waals surface area contributed by atoms with E-state index in [1.807, 2.05) is 0 Å². The zero-order valence-electron chi connectivity index (χ0n) is 10.1. The first-order chi connectivity index (χ1) is 8.29. The fourth-order valence-corrected chi connectivity index (χ4v) is 2.41. The normalized spacial score (nSPS) is 29.8. The Hall–Kier alpha value is -1.10. The number of rotatable bonds is 2. The van der Waals surface area contributed by atoms with Gasteiger partial charge in [0.05, 0.1) is 0 Å². The molecule has 96 valence electrons. The molecule has 17 heavy (non-hydrogen) atoms. The summed E-state index contributed by atoms with van der Waals surface area (Å²) in [5.74, 6) is 0.170. The minimum absolute atomic E-state index is 0.00795. The highest BCUT2D eigenvalue weighted by Gasteiger charge is 2.26. The average molecular weight is 240 g/mol. The molecule has 0 unspecified atom stereocenters. The Morgan fingerprint density at radius 3 is 2.41 bits per heavy atom. The van der Waals surface area contributed by atoms with Crippen molar-refractivity contribution in [2.24, 2.45) is 5.92 Å². The molecular formula is C12H20N2O3. The predicted octanol–water partition coefficient (Wildman–Crippen LogP) is 0.786. The van der Waals surface area contributed by atoms with Crippen LogP contribution in [0.5, 0.6) is 0 Å². The quantitative estimate of drug-likeness (QED) is 0.725. The Balaban J connectivity index is 1.73. The highest BCUT2D eigenvalue weighted by molar-refractivity contribution is 5.68. The van der Waals surface area contributed by atoms with Crippen molar-refractivity contribution in [3.63, 3.8) is 0 Å². The van der Waals surface area contributed by atoms with Gasteiger partial charge in [0.25, 0.3) is 0 Å². The third-order valence-electron chi connectivity index (χ3n) is 3.55. The Kier molecular flexibility index (Phi) is 4.36. The van der Waals surface area contributed by atoms with E-state index in [1.54, 1.807) is 4.90 Å². The Morgan fingerprint density at radius 1 is 1.18 bits per heavy atom. The molecule has 1 saturated carbocycles. The third-order valence-corrected chi connectivity index (χ3v) is 3.55. The van der Waals surface area contributed by atoms with Gasteiger partial charge in [0.15, 0.2) is 0 Å². The fraction of sp³-hybridized carbons (Fsp3) is 0.833. The molecule has 1 amide bonds. The smallest absolute Gasteiger partial charge is 0.410 e. The number of aldehydes is 1. The van der Waals surface area contributed by atoms with Crippen molar-refractivity contribution < 1.29 is 14.3 Å². The highest BCUT2D eigenvalue weighted by Crippen LogP contribution is 2.25. The van der Waals surface area contributed by atoms with Gasteiger partial charge in [-0.15, -0.1) is 0 Å². The van der Waals surface area contributed by atoms with Gasteiger partial charge in [-0.3, -0.25) is 0 Å². The highest BCUT2D eigenvalue weighted by atomic mass is 16.6. The van der Waals surface area contributed by atoms with Gasteiger partial charge in [-0.1, -0.05) is 0 Å². The van der Waals surface area contributed by atoms with Crippen LogP contribution in [-0.2, 0) is 9.53 Å². The fourth-order valence-electron chi connectivity index (χ4n) is 2.41. The van der Waals surface area contributed by atoms with E-state index >= 15 is 0 Å². The van der Waals surface area contributed by atoms with Gasteiger partial charge in [-0.25, -0.2) is 4.79 Å². The van der Waals surface area contributed by atoms with Crippen molar-refractivity contribution in [2.75, 3.05) is 26.2 Å². The van der Waals surface area contributed by atoms with E-state index in [-0.39, 0.29) is 18.1 Å². The number of piperazine rings is 1. The van der Waals surface area contributed by atoms with Gasteiger partial charge in [0.1, 0.15) is 12.4 Å². The molecule has 0 aromatic carbocycles. The summed E-state index contributed by atoms with van der Waals surface area (Å²) in [5, 5.41) is 3.20. The molecule has 0 aromatic heterocycles. The maximum atomic E-state index is 11.8. The van der Waals surface area contributed by atoms with Crippen LogP contribution in [0.15, 0.2) is 0 Å². The topological polar surface area (TPSA) is 58.6 Å². The Morgan fingerprint density at radius 2 is 1.82 bits per heavy atom. The lowest BCUT2D eigenvalue weighted by atomic mass is 9.88. The number of nitrogens with one attached hydrogen (secondary N) is 1. The number of hydrogen-bond donors (Lipinski definition) is 1. The van der Waals surface area contributed by atoms with Crippen molar-refractivity contribution in [3.8, 4) is 0 Å². The summed E-state index contributed by atoms with van der Waals surface area (Å²) < 4.78 is 5.47. The van der Waals surface area contributed by atoms with Gasteiger partial charge in [0, 0.05) is 32.1 Å². The lowest BCUT2D eigenvalue weighted by Gasteiger charge is -2.31. The van der Waals surface area contributed by atoms with E-state index in [1.165, 1.54) is 0 Å². The van der Waals surface area contributed by atoms with Crippen LogP contribution in [0.3, 0.4) is 0 Å². The lowest BCUT2D eigenvalue weighted by Crippen LogP contribution is -2.47. The minimum atomic E-state index is -0.193. The monoisotopic (exact) mass is 240 g/mol. The van der Waals surface area contributed by atoms with Gasteiger partial charge >= 0.3 is 6.09 Å². The van der Waals surface area contributed by atoms with Crippen LogP contribution in [-0.4, -0.2) is 49.6 Å². The van der Waals surface area contributed by atoms with E-state index in [0.717, 1.165) is 58.1 Å². The SMILES string of the molecule is O=CC1CCC(OC(=O)N2CCNCC2)CC1. The maximum Gasteiger partial charge on any atom is 0.410 e. The molecular weight excluding hydrogens is 220 g/mol. The largest absolute Gasteiger partial charge is 0.446 e. The van der Waals surface area contributed by atoms with Gasteiger partial charge in [-0.2, -0.15) is 0 Å². The van der Waals surface area contributed by atoms with Crippen molar-refractivity contribution in [1.82, 2.24) is 10.2 Å². The summed E-state index contributed by atoms with van der Waals surface area (Å²) in [7, 11) is 0. The molecule has 2 rings (SSSR count). The van der Waals surface area contributed by atoms with Crippen LogP contribution in [0.4, 0.5) is 4.79 Å². The second-order valence-corrected chi connectivity index (χ2v) is 4.79. The van der Waals surface area contributed by atoms with Gasteiger partial charge in [-0.05, 0) is 25.7 Å². The summed E-state index contributed by atoms with van der Waals surface area (Å²) in [6.45, 7) is 3.13. The maximum absolute atomic E-state index is 11.8. The van der Waals surface area contributed by atoms with E-state index in [2.05, 4.69) is 5.32 Å². The van der Waals surface area contributed by atoms with Crippen LogP contribution in [0, 0.1) is 5.92 Å². The molecule has 1 saturated heterocycles. The van der Waals surface area contributed by atoms with Crippen LogP contribution in [0.25, 0.3) is 0 Å². The minimum Gasteiger partial charge on any atom is -0.446 e. The molecule has 0 radical (unpaired) electrons. The van der Waals surface area contributed by atoms with Crippen LogP contribution >= 0.6 is 0 Å². The zero-order chi connectivity index (χ0) is 12.1. The van der Waals surface area contributed by atoms with E-state index in [4.69, 9.17) is 4.74 Å². The number of hydrogen-bond acceptors (Lipinski definition) is 4. The third kappa shape index (κ3) is 3.43. The van der Waals surface area contributed by atoms with Gasteiger partial charge in [0.2, 0.25) is 0 Å². The molecule has 0 atom stereocenters. The number of carbonyl (C=O) groups excluding carboxylic acids is 2. The second kappa shape index (κ2) is 6.00. The lowest BCUT2D eigenvalue weighted by molar-refractivity contribution is -0.112. The number of amides is 1. The van der Waals surface area contributed by atoms with Crippen LogP contribution in [0.1, 0.15) is 25.7 Å². The second-order valence-electron chi connectivity index (χ2n) is 4.79. The molecule has 2 fully saturated rings. The molecule has 0 bridgehead atoms. The summed E-state index contributed by atoms with van der Waals surface area (Å²) in [5.41, 5.74) is 0. The molecule has 1 aliphatic carbocycles. The van der Waals surface area contributed by atoms with Crippen molar-refractivity contribution >= 4 is 12.4 Å². The predicted molar refractivity (Wildman–Crippen MR) is 62.7 cm³/mol. The molecule has 0 aromatic rings. The van der Waals surface area contributed by atoms with E-state index in [0.29, 0.717) is 0 Å². The number of nitrogens with zero attached hydrogens (tertiary/aromatic N) is 1. The van der Waals surface area contributed by atoms with Crippen molar-refractivity contribution in [3.05, 3.63) is 0 Å².